The van der Waals surface area contributed by atoms with Crippen molar-refractivity contribution >= 4 is 12.3 Å². The van der Waals surface area contributed by atoms with Crippen molar-refractivity contribution in [3.8, 4) is 5.75 Å². The lowest BCUT2D eigenvalue weighted by atomic mass is 10.0. The smallest absolute Gasteiger partial charge is 0.321 e. The molecule has 0 fully saturated rings. The van der Waals surface area contributed by atoms with Crippen molar-refractivity contribution in [1.29, 1.82) is 0 Å². The molecule has 0 aromatic heterocycles. The van der Waals surface area contributed by atoms with Crippen LogP contribution in [0.1, 0.15) is 18.4 Å². The van der Waals surface area contributed by atoms with Crippen molar-refractivity contribution in [2.75, 3.05) is 27.8 Å². The van der Waals surface area contributed by atoms with Crippen molar-refractivity contribution in [2.24, 2.45) is 0 Å². The summed E-state index contributed by atoms with van der Waals surface area (Å²) in [5, 5.41) is 24.5. The number of aldehydes is 1. The van der Waals surface area contributed by atoms with Gasteiger partial charge in [-0.05, 0) is 37.6 Å². The van der Waals surface area contributed by atoms with Gasteiger partial charge in [0, 0.05) is 33.2 Å². The van der Waals surface area contributed by atoms with Crippen LogP contribution in [-0.2, 0) is 20.7 Å². The number of carbonyl (C=O) groups is 2. The zero-order valence-corrected chi connectivity index (χ0v) is 14.5. The first-order chi connectivity index (χ1) is 11.5. The van der Waals surface area contributed by atoms with Gasteiger partial charge in [0.15, 0.2) is 0 Å². The molecule has 0 aliphatic carbocycles. The van der Waals surface area contributed by atoms with E-state index in [2.05, 4.69) is 15.4 Å². The number of methoxy groups -OCH3 is 1. The van der Waals surface area contributed by atoms with E-state index in [0.29, 0.717) is 25.8 Å². The van der Waals surface area contributed by atoms with Gasteiger partial charge in [-0.3, -0.25) is 4.79 Å². The maximum atomic E-state index is 11.3. The zero-order valence-electron chi connectivity index (χ0n) is 14.5. The van der Waals surface area contributed by atoms with Crippen LogP contribution >= 0.6 is 0 Å². The molecule has 2 unspecified atom stereocenters. The second-order valence-corrected chi connectivity index (χ2v) is 5.31. The highest BCUT2D eigenvalue weighted by Crippen LogP contribution is 2.11. The average molecular weight is 340 g/mol. The molecule has 7 nitrogen and oxygen atoms in total. The fraction of sp³-hybridized carbons (Fsp3) is 0.529. The molecule has 0 aliphatic heterocycles. The highest BCUT2D eigenvalue weighted by molar-refractivity contribution is 5.73. The average Bonchev–Trinajstić information content (AvgIpc) is 2.56. The molecular formula is C17H28N2O5. The van der Waals surface area contributed by atoms with Crippen molar-refractivity contribution < 1.29 is 24.5 Å². The predicted octanol–water partition coefficient (Wildman–Crippen LogP) is 0.807. The molecule has 0 amide bonds. The molecule has 0 aliphatic rings. The molecule has 7 heteroatoms. The standard InChI is InChI=1S/C15H22N2O4.C2H6O/c1-16-12(3-2-8-18)10-17-14(15(20)21)9-11-4-6-13(19)7-5-11;1-3-2/h4-8,12,14,16-17,19H,2-3,9-10H2,1H3,(H,20,21);1-2H3. The lowest BCUT2D eigenvalue weighted by Gasteiger charge is -2.20. The Labute approximate surface area is 143 Å². The minimum atomic E-state index is -0.923. The van der Waals surface area contributed by atoms with Crippen LogP contribution in [0.5, 0.6) is 5.75 Å². The third-order valence-electron chi connectivity index (χ3n) is 3.33. The second-order valence-electron chi connectivity index (χ2n) is 5.31. The molecule has 0 heterocycles. The number of hydrogen-bond donors (Lipinski definition) is 4. The van der Waals surface area contributed by atoms with Crippen LogP contribution in [-0.4, -0.2) is 62.4 Å². The van der Waals surface area contributed by atoms with Crippen LogP contribution in [0.25, 0.3) is 0 Å². The monoisotopic (exact) mass is 340 g/mol. The number of aliphatic carboxylic acids is 1. The number of nitrogens with one attached hydrogen (secondary N) is 2. The quantitative estimate of drug-likeness (QED) is 0.467. The fourth-order valence-corrected chi connectivity index (χ4v) is 2.02. The van der Waals surface area contributed by atoms with Crippen LogP contribution < -0.4 is 10.6 Å². The summed E-state index contributed by atoms with van der Waals surface area (Å²) in [5.41, 5.74) is 0.835. The fourth-order valence-electron chi connectivity index (χ4n) is 2.02. The van der Waals surface area contributed by atoms with E-state index in [0.717, 1.165) is 11.8 Å². The third kappa shape index (κ3) is 9.94. The molecule has 1 aromatic carbocycles. The molecule has 24 heavy (non-hydrogen) atoms. The Balaban J connectivity index is 0.00000163. The number of carboxylic acids is 1. The Morgan fingerprint density at radius 2 is 1.88 bits per heavy atom. The number of phenols is 1. The van der Waals surface area contributed by atoms with E-state index in [1.807, 2.05) is 0 Å². The summed E-state index contributed by atoms with van der Waals surface area (Å²) in [7, 11) is 5.03. The molecule has 0 radical (unpaired) electrons. The summed E-state index contributed by atoms with van der Waals surface area (Å²) < 4.78 is 4.25. The lowest BCUT2D eigenvalue weighted by molar-refractivity contribution is -0.139. The molecule has 1 rings (SSSR count). The molecule has 0 spiro atoms. The summed E-state index contributed by atoms with van der Waals surface area (Å²) in [4.78, 5) is 21.7. The van der Waals surface area contributed by atoms with E-state index in [-0.39, 0.29) is 11.8 Å². The molecule has 0 saturated carbocycles. The van der Waals surface area contributed by atoms with Crippen molar-refractivity contribution in [1.82, 2.24) is 10.6 Å². The SMILES string of the molecule is CNC(CCC=O)CNC(Cc1ccc(O)cc1)C(=O)O.COC. The molecule has 1 aromatic rings. The lowest BCUT2D eigenvalue weighted by Crippen LogP contribution is -2.45. The van der Waals surface area contributed by atoms with Crippen molar-refractivity contribution in [3.05, 3.63) is 29.8 Å². The first-order valence-electron chi connectivity index (χ1n) is 7.73. The van der Waals surface area contributed by atoms with Gasteiger partial charge in [-0.1, -0.05) is 12.1 Å². The van der Waals surface area contributed by atoms with E-state index in [4.69, 9.17) is 0 Å². The van der Waals surface area contributed by atoms with Crippen LogP contribution in [0, 0.1) is 0 Å². The van der Waals surface area contributed by atoms with Gasteiger partial charge in [-0.25, -0.2) is 0 Å². The van der Waals surface area contributed by atoms with Gasteiger partial charge >= 0.3 is 5.97 Å². The minimum Gasteiger partial charge on any atom is -0.508 e. The third-order valence-corrected chi connectivity index (χ3v) is 3.33. The van der Waals surface area contributed by atoms with Crippen LogP contribution in [0.15, 0.2) is 24.3 Å². The number of hydrogen-bond acceptors (Lipinski definition) is 6. The van der Waals surface area contributed by atoms with Gasteiger partial charge in [-0.15, -0.1) is 0 Å². The minimum absolute atomic E-state index is 0.0527. The molecule has 0 saturated heterocycles. The highest BCUT2D eigenvalue weighted by atomic mass is 16.4. The zero-order chi connectivity index (χ0) is 18.4. The molecule has 2 atom stereocenters. The van der Waals surface area contributed by atoms with Crippen molar-refractivity contribution in [3.63, 3.8) is 0 Å². The van der Waals surface area contributed by atoms with Gasteiger partial charge in [0.2, 0.25) is 0 Å². The summed E-state index contributed by atoms with van der Waals surface area (Å²) in [6.07, 6.45) is 2.30. The Morgan fingerprint density at radius 1 is 1.29 bits per heavy atom. The number of benzene rings is 1. The van der Waals surface area contributed by atoms with E-state index in [9.17, 15) is 19.8 Å². The van der Waals surface area contributed by atoms with Gasteiger partial charge in [0.1, 0.15) is 18.1 Å². The van der Waals surface area contributed by atoms with Gasteiger partial charge in [0.05, 0.1) is 0 Å². The first-order valence-corrected chi connectivity index (χ1v) is 7.73. The maximum absolute atomic E-state index is 11.3. The number of carbonyl (C=O) groups excluding carboxylic acids is 1. The van der Waals surface area contributed by atoms with Gasteiger partial charge < -0.3 is 30.4 Å². The number of aromatic hydroxyl groups is 1. The second kappa shape index (κ2) is 13.5. The van der Waals surface area contributed by atoms with Gasteiger partial charge in [0.25, 0.3) is 0 Å². The van der Waals surface area contributed by atoms with Crippen molar-refractivity contribution in [2.45, 2.75) is 31.3 Å². The van der Waals surface area contributed by atoms with Crippen LogP contribution in [0.4, 0.5) is 0 Å². The maximum Gasteiger partial charge on any atom is 0.321 e. The number of ether oxygens (including phenoxy) is 1. The van der Waals surface area contributed by atoms with E-state index in [1.54, 1.807) is 33.4 Å². The van der Waals surface area contributed by atoms with E-state index >= 15 is 0 Å². The predicted molar refractivity (Wildman–Crippen MR) is 92.3 cm³/mol. The Hall–Kier alpha value is -1.96. The van der Waals surface area contributed by atoms with Crippen LogP contribution in [0.2, 0.25) is 0 Å². The highest BCUT2D eigenvalue weighted by Gasteiger charge is 2.18. The normalized spacial score (nSPS) is 12.6. The first kappa shape index (κ1) is 22.0. The van der Waals surface area contributed by atoms with E-state index in [1.165, 1.54) is 12.1 Å². The summed E-state index contributed by atoms with van der Waals surface area (Å²) in [5.74, 6) is -0.768. The largest absolute Gasteiger partial charge is 0.508 e. The van der Waals surface area contributed by atoms with Crippen LogP contribution in [0.3, 0.4) is 0 Å². The topological polar surface area (TPSA) is 108 Å². The molecule has 136 valence electrons. The molecule has 0 bridgehead atoms. The Morgan fingerprint density at radius 3 is 2.33 bits per heavy atom. The number of phenolic OH excluding ortho intramolecular Hbond substituents is 1. The number of carboxylic acid groups (broad SMARTS) is 1. The summed E-state index contributed by atoms with van der Waals surface area (Å²) in [6.45, 7) is 0.472. The number of rotatable bonds is 10. The molecular weight excluding hydrogens is 312 g/mol. The Bertz CT molecular complexity index is 465. The van der Waals surface area contributed by atoms with Gasteiger partial charge in [-0.2, -0.15) is 0 Å². The van der Waals surface area contributed by atoms with E-state index < -0.39 is 12.0 Å². The Kier molecular flexibility index (Phi) is 12.4. The molecule has 4 N–H and O–H groups in total. The summed E-state index contributed by atoms with van der Waals surface area (Å²) >= 11 is 0. The number of likely N-dealkylation sites (N-methyl/N-ethyl adjacent to an activating group) is 1. The summed E-state index contributed by atoms with van der Waals surface area (Å²) in [6, 6.07) is 5.83.